The molecule has 0 amide bonds. The Morgan fingerprint density at radius 3 is 1.34 bits per heavy atom. The van der Waals surface area contributed by atoms with Gasteiger partial charge in [0.25, 0.3) is 0 Å². The zero-order chi connectivity index (χ0) is 70.3. The van der Waals surface area contributed by atoms with Crippen LogP contribution in [0.15, 0.2) is 107 Å². The standard InChI is InChI=1S/C38H41F2N3O6.C21H26FN3O4.C16H15FO2/c1-21-19-42(17-16-41-21)33-31(40)22(2)29-32(35(33)47-6)43(26-13-14-26)23(3)30(34(29)44)36(45)48-20-49-37(46)38(4,5)25-12-15-27(28(39)18-25)24-10-8-7-9-11-24;1-10-9-24(8-7-23-10)18-16(22)11(2)14-17(20(18)29-4)25(13-5-6-13)12(3)15(19(14)26)21(27)28;1-16(2,15(18)19)12-8-9-13(14(17)10-12)11-6-4-3-5-7-11/h7-12,15,18,21,26,41H,13-14,16-17,19-20H2,1-6H3;10,13,23H,5-9H2,1-4H3,(H,27,28);3-10H,1-2H3,(H,18,19). The van der Waals surface area contributed by atoms with Gasteiger partial charge < -0.3 is 58.7 Å². The number of fused-ring (bicyclic) bond motifs is 2. The van der Waals surface area contributed by atoms with E-state index in [-0.39, 0.29) is 62.9 Å². The number of aromatic nitrogens is 2. The number of carboxylic acids is 2. The van der Waals surface area contributed by atoms with E-state index in [1.165, 1.54) is 33.3 Å². The molecule has 4 N–H and O–H groups in total. The molecule has 2 aliphatic heterocycles. The fourth-order valence-electron chi connectivity index (χ4n) is 13.2. The number of anilines is 2. The second-order valence-electron chi connectivity index (χ2n) is 26.4. The van der Waals surface area contributed by atoms with Gasteiger partial charge in [0.15, 0.2) is 23.1 Å². The predicted octanol–water partition coefficient (Wildman–Crippen LogP) is 12.8. The maximum atomic E-state index is 16.2. The smallest absolute Gasteiger partial charge is 0.346 e. The van der Waals surface area contributed by atoms with Crippen LogP contribution in [0.2, 0.25) is 0 Å². The molecule has 2 aliphatic carbocycles. The van der Waals surface area contributed by atoms with Gasteiger partial charge in [-0.2, -0.15) is 0 Å². The lowest BCUT2D eigenvalue weighted by Crippen LogP contribution is -2.49. The summed E-state index contributed by atoms with van der Waals surface area (Å²) in [6, 6.07) is 27.8. The number of hydrogen-bond donors (Lipinski definition) is 4. The summed E-state index contributed by atoms with van der Waals surface area (Å²) in [5.41, 5.74) is 1.52. The van der Waals surface area contributed by atoms with Gasteiger partial charge in [0.05, 0.1) is 46.9 Å². The highest BCUT2D eigenvalue weighted by molar-refractivity contribution is 6.02. The highest BCUT2D eigenvalue weighted by Gasteiger charge is 2.39. The van der Waals surface area contributed by atoms with E-state index in [0.717, 1.165) is 31.2 Å². The van der Waals surface area contributed by atoms with Crippen molar-refractivity contribution in [3.8, 4) is 33.8 Å². The fraction of sp³-hybridized carbons (Fsp3) is 0.387. The number of carboxylic acid groups (broad SMARTS) is 2. The monoisotopic (exact) mass is 1330 g/mol. The summed E-state index contributed by atoms with van der Waals surface area (Å²) in [6.07, 6.45) is 3.40. The van der Waals surface area contributed by atoms with Crippen molar-refractivity contribution in [3.05, 3.63) is 186 Å². The third-order valence-electron chi connectivity index (χ3n) is 19.0. The van der Waals surface area contributed by atoms with Crippen LogP contribution in [0.4, 0.5) is 28.9 Å². The van der Waals surface area contributed by atoms with Crippen LogP contribution >= 0.6 is 0 Å². The minimum absolute atomic E-state index is 0.0180. The molecule has 2 aromatic heterocycles. The van der Waals surface area contributed by atoms with Crippen LogP contribution in [-0.2, 0) is 29.9 Å². The Hall–Kier alpha value is -9.54. The number of aliphatic carboxylic acids is 1. The van der Waals surface area contributed by atoms with E-state index in [9.17, 15) is 38.3 Å². The van der Waals surface area contributed by atoms with E-state index >= 15 is 13.2 Å². The Balaban J connectivity index is 0.000000178. The Bertz CT molecular complexity index is 4530. The highest BCUT2D eigenvalue weighted by atomic mass is 19.1. The Kier molecular flexibility index (Phi) is 20.5. The largest absolute Gasteiger partial charge is 0.492 e. The van der Waals surface area contributed by atoms with E-state index < -0.39 is 75.6 Å². The van der Waals surface area contributed by atoms with E-state index in [4.69, 9.17) is 24.1 Å². The van der Waals surface area contributed by atoms with E-state index in [1.807, 2.05) is 81.3 Å². The molecule has 2 saturated carbocycles. The van der Waals surface area contributed by atoms with Crippen LogP contribution < -0.4 is 40.8 Å². The summed E-state index contributed by atoms with van der Waals surface area (Å²) in [5, 5.41) is 25.7. The Morgan fingerprint density at radius 1 is 0.567 bits per heavy atom. The summed E-state index contributed by atoms with van der Waals surface area (Å²) in [7, 11) is 2.93. The van der Waals surface area contributed by atoms with Crippen molar-refractivity contribution < 1.29 is 65.9 Å². The number of pyridine rings is 2. The minimum Gasteiger partial charge on any atom is -0.492 e. The first-order valence-electron chi connectivity index (χ1n) is 32.4. The van der Waals surface area contributed by atoms with Gasteiger partial charge in [-0.3, -0.25) is 19.2 Å². The first-order valence-corrected chi connectivity index (χ1v) is 32.4. The van der Waals surface area contributed by atoms with Crippen molar-refractivity contribution in [2.75, 3.05) is 70.1 Å². The number of hydrogen-bond acceptors (Lipinski definition) is 14. The fourth-order valence-corrected chi connectivity index (χ4v) is 13.2. The van der Waals surface area contributed by atoms with E-state index in [2.05, 4.69) is 10.6 Å². The Labute approximate surface area is 559 Å². The van der Waals surface area contributed by atoms with Crippen LogP contribution in [0.3, 0.4) is 0 Å². The second-order valence-corrected chi connectivity index (χ2v) is 26.4. The van der Waals surface area contributed by atoms with Crippen molar-refractivity contribution in [1.29, 1.82) is 0 Å². The number of aromatic carboxylic acids is 1. The van der Waals surface area contributed by atoms with Crippen molar-refractivity contribution in [3.63, 3.8) is 0 Å². The van der Waals surface area contributed by atoms with E-state index in [1.54, 1.807) is 84.9 Å². The molecular weight excluding hydrogens is 1250 g/mol. The van der Waals surface area contributed by atoms with Gasteiger partial charge in [-0.05, 0) is 129 Å². The number of aryl methyl sites for hydroxylation is 2. The first-order chi connectivity index (χ1) is 46.1. The molecule has 4 aliphatic rings. The van der Waals surface area contributed by atoms with Gasteiger partial charge in [0, 0.05) is 97.1 Å². The second kappa shape index (κ2) is 28.3. The summed E-state index contributed by atoms with van der Waals surface area (Å²) >= 11 is 0. The average molecular weight is 1340 g/mol. The Morgan fingerprint density at radius 2 is 0.969 bits per heavy atom. The summed E-state index contributed by atoms with van der Waals surface area (Å²) in [5.74, 6) is -5.46. The number of methoxy groups -OCH3 is 2. The SMILES string of the molecule is CC(C)(C(=O)O)c1ccc(-c2ccccc2)c(F)c1.COc1c(N2CCNC(C)C2)c(F)c(C)c2c(=O)c(C(=O)O)c(C)n(C3CC3)c12.COc1c(N2CCNC(C)C2)c(F)c(C)c2c(=O)c(C(=O)OCOC(=O)C(C)(C)c3ccc(-c4ccccc4)c(F)c3)c(C)n(C3CC3)c12. The maximum absolute atomic E-state index is 16.2. The number of nitrogens with zero attached hydrogens (tertiary/aromatic N) is 4. The summed E-state index contributed by atoms with van der Waals surface area (Å²) in [6.45, 7) is 19.7. The summed E-state index contributed by atoms with van der Waals surface area (Å²) < 4.78 is 87.1. The van der Waals surface area contributed by atoms with E-state index in [0.29, 0.717) is 107 Å². The number of nitrogens with one attached hydrogen (secondary N) is 2. The van der Waals surface area contributed by atoms with Gasteiger partial charge in [-0.15, -0.1) is 0 Å². The van der Waals surface area contributed by atoms with Gasteiger partial charge in [-0.1, -0.05) is 84.9 Å². The van der Waals surface area contributed by atoms with Crippen LogP contribution in [0.25, 0.3) is 44.1 Å². The van der Waals surface area contributed by atoms with Crippen LogP contribution in [0.5, 0.6) is 11.5 Å². The lowest BCUT2D eigenvalue weighted by Gasteiger charge is -2.35. The van der Waals surface area contributed by atoms with Gasteiger partial charge in [0.2, 0.25) is 17.7 Å². The third kappa shape index (κ3) is 13.7. The quantitative estimate of drug-likeness (QED) is 0.0401. The highest BCUT2D eigenvalue weighted by Crippen LogP contribution is 2.48. The van der Waals surface area contributed by atoms with Gasteiger partial charge >= 0.3 is 23.9 Å². The topological polar surface area (TPSA) is 220 Å². The van der Waals surface area contributed by atoms with Crippen LogP contribution in [0, 0.1) is 51.0 Å². The molecule has 512 valence electrons. The molecule has 0 radical (unpaired) electrons. The molecule has 6 aromatic carbocycles. The number of esters is 2. The van der Waals surface area contributed by atoms with Crippen molar-refractivity contribution in [2.45, 2.75) is 130 Å². The molecule has 12 rings (SSSR count). The van der Waals surface area contributed by atoms with Crippen molar-refractivity contribution in [2.24, 2.45) is 0 Å². The predicted molar refractivity (Wildman–Crippen MR) is 365 cm³/mol. The molecule has 0 bridgehead atoms. The number of rotatable bonds is 16. The molecule has 2 unspecified atom stereocenters. The molecule has 97 heavy (non-hydrogen) atoms. The lowest BCUT2D eigenvalue weighted by molar-refractivity contribution is -0.158. The molecule has 2 atom stereocenters. The normalized spacial score (nSPS) is 16.4. The lowest BCUT2D eigenvalue weighted by atomic mass is 9.84. The zero-order valence-corrected chi connectivity index (χ0v) is 56.6. The molecule has 2 saturated heterocycles. The zero-order valence-electron chi connectivity index (χ0n) is 56.6. The average Bonchev–Trinajstić information content (AvgIpc) is 1.50. The number of benzene rings is 6. The molecule has 4 fully saturated rings. The van der Waals surface area contributed by atoms with Crippen molar-refractivity contribution in [1.82, 2.24) is 19.8 Å². The number of ether oxygens (including phenoxy) is 4. The van der Waals surface area contributed by atoms with Crippen LogP contribution in [0.1, 0.15) is 134 Å². The third-order valence-corrected chi connectivity index (χ3v) is 19.0. The first kappa shape index (κ1) is 70.3. The van der Waals surface area contributed by atoms with Gasteiger partial charge in [0.1, 0.15) is 34.1 Å². The summed E-state index contributed by atoms with van der Waals surface area (Å²) in [4.78, 5) is 80.8. The molecule has 0 spiro atoms. The number of halogens is 4. The minimum atomic E-state index is -1.29. The molecule has 18 nitrogen and oxygen atoms in total. The van der Waals surface area contributed by atoms with Gasteiger partial charge in [-0.25, -0.2) is 27.2 Å². The maximum Gasteiger partial charge on any atom is 0.346 e. The van der Waals surface area contributed by atoms with Crippen LogP contribution in [-0.4, -0.2) is 116 Å². The molecule has 8 aromatic rings. The van der Waals surface area contributed by atoms with Crippen molar-refractivity contribution >= 4 is 57.1 Å². The number of carbonyl (C=O) groups is 4. The number of carbonyl (C=O) groups excluding carboxylic acids is 2. The molecule has 22 heteroatoms. The molecule has 4 heterocycles. The number of piperazine rings is 2. The molecular formula is C75H82F4N6O12.